The second-order valence-corrected chi connectivity index (χ2v) is 4.23. The third-order valence-corrected chi connectivity index (χ3v) is 2.70. The summed E-state index contributed by atoms with van der Waals surface area (Å²) in [4.78, 5) is 8.08. The van der Waals surface area contributed by atoms with Gasteiger partial charge in [-0.3, -0.25) is 0 Å². The molecule has 0 saturated heterocycles. The quantitative estimate of drug-likeness (QED) is 0.745. The van der Waals surface area contributed by atoms with Crippen LogP contribution in [0.5, 0.6) is 17.4 Å². The van der Waals surface area contributed by atoms with Crippen molar-refractivity contribution in [1.82, 2.24) is 9.97 Å². The molecule has 0 bridgehead atoms. The van der Waals surface area contributed by atoms with Crippen molar-refractivity contribution in [2.75, 3.05) is 24.7 Å². The van der Waals surface area contributed by atoms with E-state index < -0.39 is 0 Å². The zero-order valence-corrected chi connectivity index (χ0v) is 12.0. The maximum atomic E-state index is 9.13. The molecule has 2 rings (SSSR count). The third kappa shape index (κ3) is 3.73. The van der Waals surface area contributed by atoms with Crippen LogP contribution in [0.15, 0.2) is 24.3 Å². The fourth-order valence-electron chi connectivity index (χ4n) is 1.77. The maximum absolute atomic E-state index is 9.13. The van der Waals surface area contributed by atoms with Gasteiger partial charge in [-0.15, -0.1) is 0 Å². The standard InChI is InChI=1S/C14H18N4O3/c1-3-16-12-7-13(18-14(15)17-12)21-10-5-4-9(8-19)6-11(10)20-2/h4-7,19H,3,8H2,1-2H3,(H3,15,16,17,18). The molecule has 7 nitrogen and oxygen atoms in total. The Labute approximate surface area is 122 Å². The van der Waals surface area contributed by atoms with Crippen molar-refractivity contribution in [2.45, 2.75) is 13.5 Å². The Hall–Kier alpha value is -2.54. The van der Waals surface area contributed by atoms with Gasteiger partial charge in [-0.1, -0.05) is 6.07 Å². The summed E-state index contributed by atoms with van der Waals surface area (Å²) in [5.41, 5.74) is 6.38. The van der Waals surface area contributed by atoms with Gasteiger partial charge in [0.2, 0.25) is 11.8 Å². The first-order valence-corrected chi connectivity index (χ1v) is 6.50. The van der Waals surface area contributed by atoms with Crippen LogP contribution in [-0.2, 0) is 6.61 Å². The second-order valence-electron chi connectivity index (χ2n) is 4.23. The highest BCUT2D eigenvalue weighted by atomic mass is 16.5. The van der Waals surface area contributed by atoms with Crippen LogP contribution in [-0.4, -0.2) is 28.7 Å². The molecule has 0 aliphatic heterocycles. The van der Waals surface area contributed by atoms with E-state index >= 15 is 0 Å². The molecule has 112 valence electrons. The summed E-state index contributed by atoms with van der Waals surface area (Å²) in [5.74, 6) is 2.01. The van der Waals surface area contributed by atoms with Crippen molar-refractivity contribution in [3.05, 3.63) is 29.8 Å². The van der Waals surface area contributed by atoms with Gasteiger partial charge in [0.05, 0.1) is 13.7 Å². The number of rotatable bonds is 6. The molecule has 0 spiro atoms. The number of nitrogens with one attached hydrogen (secondary N) is 1. The molecular weight excluding hydrogens is 272 g/mol. The van der Waals surface area contributed by atoms with E-state index in [0.29, 0.717) is 29.7 Å². The summed E-state index contributed by atoms with van der Waals surface area (Å²) >= 11 is 0. The van der Waals surface area contributed by atoms with Crippen molar-refractivity contribution in [3.8, 4) is 17.4 Å². The largest absolute Gasteiger partial charge is 0.493 e. The maximum Gasteiger partial charge on any atom is 0.226 e. The molecule has 0 aliphatic carbocycles. The third-order valence-electron chi connectivity index (χ3n) is 2.70. The number of aliphatic hydroxyl groups excluding tert-OH is 1. The van der Waals surface area contributed by atoms with Gasteiger partial charge in [-0.2, -0.15) is 9.97 Å². The predicted molar refractivity (Wildman–Crippen MR) is 79.6 cm³/mol. The number of nitrogens with zero attached hydrogens (tertiary/aromatic N) is 2. The lowest BCUT2D eigenvalue weighted by atomic mass is 10.2. The van der Waals surface area contributed by atoms with Crippen LogP contribution in [0.25, 0.3) is 0 Å². The zero-order chi connectivity index (χ0) is 15.2. The van der Waals surface area contributed by atoms with E-state index in [1.165, 1.54) is 7.11 Å². The fourth-order valence-corrected chi connectivity index (χ4v) is 1.77. The van der Waals surface area contributed by atoms with Crippen LogP contribution in [0, 0.1) is 0 Å². The molecule has 0 radical (unpaired) electrons. The molecule has 7 heteroatoms. The summed E-state index contributed by atoms with van der Waals surface area (Å²) in [6.45, 7) is 2.60. The van der Waals surface area contributed by atoms with Gasteiger partial charge in [0, 0.05) is 12.6 Å². The van der Waals surface area contributed by atoms with Gasteiger partial charge in [-0.05, 0) is 24.6 Å². The highest BCUT2D eigenvalue weighted by Gasteiger charge is 2.09. The summed E-state index contributed by atoms with van der Waals surface area (Å²) in [7, 11) is 1.53. The summed E-state index contributed by atoms with van der Waals surface area (Å²) in [6.07, 6.45) is 0. The molecule has 4 N–H and O–H groups in total. The molecule has 1 aromatic heterocycles. The number of nitrogens with two attached hydrogens (primary N) is 1. The number of nitrogen functional groups attached to an aromatic ring is 1. The average molecular weight is 290 g/mol. The molecule has 0 saturated carbocycles. The van der Waals surface area contributed by atoms with E-state index in [1.54, 1.807) is 24.3 Å². The molecule has 0 atom stereocenters. The lowest BCUT2D eigenvalue weighted by Crippen LogP contribution is -2.04. The molecule has 1 heterocycles. The van der Waals surface area contributed by atoms with Crippen LogP contribution < -0.4 is 20.5 Å². The first-order chi connectivity index (χ1) is 10.2. The second kappa shape index (κ2) is 6.76. The first-order valence-electron chi connectivity index (χ1n) is 6.50. The minimum atomic E-state index is -0.0678. The van der Waals surface area contributed by atoms with Crippen LogP contribution in [0.4, 0.5) is 11.8 Å². The van der Waals surface area contributed by atoms with Gasteiger partial charge < -0.3 is 25.6 Å². The number of benzene rings is 1. The molecule has 0 unspecified atom stereocenters. The van der Waals surface area contributed by atoms with Gasteiger partial charge in [0.25, 0.3) is 0 Å². The summed E-state index contributed by atoms with van der Waals surface area (Å²) in [5, 5.41) is 12.2. The van der Waals surface area contributed by atoms with Gasteiger partial charge >= 0.3 is 0 Å². The number of methoxy groups -OCH3 is 1. The molecule has 0 amide bonds. The fraction of sp³-hybridized carbons (Fsp3) is 0.286. The van der Waals surface area contributed by atoms with Crippen LogP contribution >= 0.6 is 0 Å². The van der Waals surface area contributed by atoms with Gasteiger partial charge in [-0.25, -0.2) is 0 Å². The van der Waals surface area contributed by atoms with Crippen LogP contribution in [0.2, 0.25) is 0 Å². The number of hydrogen-bond donors (Lipinski definition) is 3. The SMILES string of the molecule is CCNc1cc(Oc2ccc(CO)cc2OC)nc(N)n1. The molecule has 2 aromatic rings. The van der Waals surface area contributed by atoms with Crippen molar-refractivity contribution >= 4 is 11.8 Å². The van der Waals surface area contributed by atoms with Crippen molar-refractivity contribution in [1.29, 1.82) is 0 Å². The Balaban J connectivity index is 2.29. The first kappa shape index (κ1) is 14.9. The number of ether oxygens (including phenoxy) is 2. The molecular formula is C14H18N4O3. The highest BCUT2D eigenvalue weighted by Crippen LogP contribution is 2.32. The van der Waals surface area contributed by atoms with E-state index in [1.807, 2.05) is 6.92 Å². The molecule has 0 fully saturated rings. The summed E-state index contributed by atoms with van der Waals surface area (Å²) < 4.78 is 10.9. The number of aliphatic hydroxyl groups is 1. The number of hydrogen-bond acceptors (Lipinski definition) is 7. The van der Waals surface area contributed by atoms with Crippen LogP contribution in [0.1, 0.15) is 12.5 Å². The smallest absolute Gasteiger partial charge is 0.226 e. The highest BCUT2D eigenvalue weighted by molar-refractivity contribution is 5.47. The minimum Gasteiger partial charge on any atom is -0.493 e. The van der Waals surface area contributed by atoms with E-state index in [-0.39, 0.29) is 12.6 Å². The van der Waals surface area contributed by atoms with Gasteiger partial charge in [0.15, 0.2) is 11.5 Å². The zero-order valence-electron chi connectivity index (χ0n) is 12.0. The Morgan fingerprint density at radius 3 is 2.71 bits per heavy atom. The Bertz CT molecular complexity index is 619. The molecule has 21 heavy (non-hydrogen) atoms. The molecule has 1 aromatic carbocycles. The van der Waals surface area contributed by atoms with E-state index in [2.05, 4.69) is 15.3 Å². The summed E-state index contributed by atoms with van der Waals surface area (Å²) in [6, 6.07) is 6.80. The number of aromatic nitrogens is 2. The monoisotopic (exact) mass is 290 g/mol. The van der Waals surface area contributed by atoms with Crippen molar-refractivity contribution in [3.63, 3.8) is 0 Å². The van der Waals surface area contributed by atoms with Crippen molar-refractivity contribution < 1.29 is 14.6 Å². The van der Waals surface area contributed by atoms with E-state index in [9.17, 15) is 0 Å². The topological polar surface area (TPSA) is 103 Å². The Morgan fingerprint density at radius 2 is 2.05 bits per heavy atom. The van der Waals surface area contributed by atoms with E-state index in [4.69, 9.17) is 20.3 Å². The predicted octanol–water partition coefficient (Wildman–Crippen LogP) is 1.78. The Kier molecular flexibility index (Phi) is 4.78. The average Bonchev–Trinajstić information content (AvgIpc) is 2.47. The van der Waals surface area contributed by atoms with E-state index in [0.717, 1.165) is 5.56 Å². The Morgan fingerprint density at radius 1 is 1.24 bits per heavy atom. The lowest BCUT2D eigenvalue weighted by molar-refractivity contribution is 0.280. The lowest BCUT2D eigenvalue weighted by Gasteiger charge is -2.12. The number of anilines is 2. The van der Waals surface area contributed by atoms with Crippen molar-refractivity contribution in [2.24, 2.45) is 0 Å². The minimum absolute atomic E-state index is 0.0678. The normalized spacial score (nSPS) is 10.2. The molecule has 0 aliphatic rings. The van der Waals surface area contributed by atoms with Gasteiger partial charge in [0.1, 0.15) is 5.82 Å². The van der Waals surface area contributed by atoms with Crippen LogP contribution in [0.3, 0.4) is 0 Å².